The molecule has 1 aromatic heterocycles. The van der Waals surface area contributed by atoms with E-state index in [-0.39, 0.29) is 0 Å². The molecule has 0 N–H and O–H groups in total. The van der Waals surface area contributed by atoms with Gasteiger partial charge in [0, 0.05) is 18.0 Å². The fraction of sp³-hybridized carbons (Fsp3) is 0.294. The molecule has 0 fully saturated rings. The Balaban J connectivity index is 2.30. The molecule has 0 aliphatic carbocycles. The Bertz CT molecular complexity index is 594. The topological polar surface area (TPSA) is 36.7 Å². The van der Waals surface area contributed by atoms with Crippen LogP contribution in [-0.4, -0.2) is 4.98 Å². The molecule has 1 heterocycles. The van der Waals surface area contributed by atoms with Crippen molar-refractivity contribution in [1.29, 1.82) is 5.26 Å². The van der Waals surface area contributed by atoms with Gasteiger partial charge in [-0.1, -0.05) is 38.1 Å². The Morgan fingerprint density at radius 3 is 2.84 bits per heavy atom. The van der Waals surface area contributed by atoms with Gasteiger partial charge in [-0.15, -0.1) is 0 Å². The van der Waals surface area contributed by atoms with Crippen molar-refractivity contribution < 1.29 is 0 Å². The highest BCUT2D eigenvalue weighted by atomic mass is 14.6. The summed E-state index contributed by atoms with van der Waals surface area (Å²) in [4.78, 5) is 4.12. The van der Waals surface area contributed by atoms with Crippen LogP contribution in [0, 0.1) is 17.2 Å². The average molecular weight is 250 g/mol. The lowest BCUT2D eigenvalue weighted by molar-refractivity contribution is 0.587. The third-order valence-electron chi connectivity index (χ3n) is 3.19. The molecule has 0 unspecified atom stereocenters. The number of nitrogens with zero attached hydrogens (tertiary/aromatic N) is 2. The van der Waals surface area contributed by atoms with Crippen LogP contribution in [0.3, 0.4) is 0 Å². The summed E-state index contributed by atoms with van der Waals surface area (Å²) in [6, 6.07) is 12.4. The molecule has 0 aliphatic heterocycles. The minimum atomic E-state index is 0.677. The summed E-state index contributed by atoms with van der Waals surface area (Å²) in [5.74, 6) is 0.705. The number of benzene rings is 1. The van der Waals surface area contributed by atoms with Crippen LogP contribution in [0.5, 0.6) is 0 Å². The molecule has 2 heteroatoms. The van der Waals surface area contributed by atoms with Crippen LogP contribution in [0.25, 0.3) is 11.1 Å². The molecule has 1 aromatic carbocycles. The maximum atomic E-state index is 9.15. The molecular formula is C17H18N2. The summed E-state index contributed by atoms with van der Waals surface area (Å²) in [6.07, 6.45) is 5.68. The van der Waals surface area contributed by atoms with E-state index in [0.29, 0.717) is 11.5 Å². The molecular weight excluding hydrogens is 232 g/mol. The van der Waals surface area contributed by atoms with Crippen molar-refractivity contribution in [3.8, 4) is 17.2 Å². The van der Waals surface area contributed by atoms with Gasteiger partial charge < -0.3 is 0 Å². The second kappa shape index (κ2) is 6.15. The third-order valence-corrected chi connectivity index (χ3v) is 3.19. The Morgan fingerprint density at radius 2 is 2.11 bits per heavy atom. The van der Waals surface area contributed by atoms with Crippen molar-refractivity contribution in [3.63, 3.8) is 0 Å². The lowest BCUT2D eigenvalue weighted by atomic mass is 9.97. The van der Waals surface area contributed by atoms with E-state index in [1.165, 1.54) is 12.0 Å². The standard InChI is InChI=1S/C17H18N2/c1-13(2)6-7-14-4-3-5-15(10-14)17-12-19-9-8-16(17)11-18/h3-5,8-10,12-13H,6-7H2,1-2H3. The highest BCUT2D eigenvalue weighted by Crippen LogP contribution is 2.24. The fourth-order valence-electron chi connectivity index (χ4n) is 2.07. The van der Waals surface area contributed by atoms with Gasteiger partial charge in [-0.3, -0.25) is 4.98 Å². The molecule has 0 radical (unpaired) electrons. The van der Waals surface area contributed by atoms with E-state index >= 15 is 0 Å². The van der Waals surface area contributed by atoms with Gasteiger partial charge in [0.2, 0.25) is 0 Å². The van der Waals surface area contributed by atoms with E-state index in [1.807, 2.05) is 6.07 Å². The van der Waals surface area contributed by atoms with E-state index in [0.717, 1.165) is 17.5 Å². The van der Waals surface area contributed by atoms with E-state index in [4.69, 9.17) is 5.26 Å². The molecule has 0 saturated carbocycles. The van der Waals surface area contributed by atoms with Gasteiger partial charge in [-0.05, 0) is 36.0 Å². The normalized spacial score (nSPS) is 10.4. The van der Waals surface area contributed by atoms with Crippen molar-refractivity contribution in [3.05, 3.63) is 53.9 Å². The molecule has 2 rings (SSSR count). The predicted octanol–water partition coefficient (Wildman–Crippen LogP) is 4.21. The number of hydrogen-bond acceptors (Lipinski definition) is 2. The van der Waals surface area contributed by atoms with E-state index < -0.39 is 0 Å². The number of rotatable bonds is 4. The molecule has 2 nitrogen and oxygen atoms in total. The summed E-state index contributed by atoms with van der Waals surface area (Å²) >= 11 is 0. The quantitative estimate of drug-likeness (QED) is 0.815. The molecule has 0 atom stereocenters. The molecule has 0 saturated heterocycles. The molecule has 0 spiro atoms. The summed E-state index contributed by atoms with van der Waals surface area (Å²) in [7, 11) is 0. The number of pyridine rings is 1. The van der Waals surface area contributed by atoms with Gasteiger partial charge in [-0.2, -0.15) is 5.26 Å². The molecule has 96 valence electrons. The molecule has 19 heavy (non-hydrogen) atoms. The van der Waals surface area contributed by atoms with Gasteiger partial charge >= 0.3 is 0 Å². The van der Waals surface area contributed by atoms with Crippen LogP contribution in [-0.2, 0) is 6.42 Å². The van der Waals surface area contributed by atoms with Crippen molar-refractivity contribution in [2.24, 2.45) is 5.92 Å². The van der Waals surface area contributed by atoms with Crippen LogP contribution >= 0.6 is 0 Å². The van der Waals surface area contributed by atoms with Crippen molar-refractivity contribution in [2.75, 3.05) is 0 Å². The van der Waals surface area contributed by atoms with E-state index in [2.05, 4.69) is 43.1 Å². The maximum Gasteiger partial charge on any atom is 0.0999 e. The van der Waals surface area contributed by atoms with Gasteiger partial charge in [0.05, 0.1) is 11.6 Å². The lowest BCUT2D eigenvalue weighted by Gasteiger charge is -2.08. The monoisotopic (exact) mass is 250 g/mol. The number of aromatic nitrogens is 1. The van der Waals surface area contributed by atoms with Crippen LogP contribution in [0.15, 0.2) is 42.7 Å². The van der Waals surface area contributed by atoms with Crippen LogP contribution in [0.1, 0.15) is 31.4 Å². The highest BCUT2D eigenvalue weighted by molar-refractivity contribution is 5.69. The Hall–Kier alpha value is -2.14. The number of nitriles is 1. The van der Waals surface area contributed by atoms with Gasteiger partial charge in [-0.25, -0.2) is 0 Å². The lowest BCUT2D eigenvalue weighted by Crippen LogP contribution is -1.93. The largest absolute Gasteiger partial charge is 0.264 e. The molecule has 0 aliphatic rings. The Labute approximate surface area is 114 Å². The van der Waals surface area contributed by atoms with Crippen molar-refractivity contribution in [1.82, 2.24) is 4.98 Å². The van der Waals surface area contributed by atoms with E-state index in [9.17, 15) is 0 Å². The first-order valence-corrected chi connectivity index (χ1v) is 6.64. The number of aryl methyl sites for hydroxylation is 1. The van der Waals surface area contributed by atoms with Crippen LogP contribution < -0.4 is 0 Å². The van der Waals surface area contributed by atoms with Gasteiger partial charge in [0.15, 0.2) is 0 Å². The minimum absolute atomic E-state index is 0.677. The first kappa shape index (κ1) is 13.3. The van der Waals surface area contributed by atoms with Gasteiger partial charge in [0.1, 0.15) is 0 Å². The summed E-state index contributed by atoms with van der Waals surface area (Å²) in [5, 5.41) is 9.15. The first-order chi connectivity index (χ1) is 9.20. The van der Waals surface area contributed by atoms with Gasteiger partial charge in [0.25, 0.3) is 0 Å². The zero-order valence-corrected chi connectivity index (χ0v) is 11.4. The van der Waals surface area contributed by atoms with Crippen LogP contribution in [0.4, 0.5) is 0 Å². The Kier molecular flexibility index (Phi) is 4.30. The second-order valence-electron chi connectivity index (χ2n) is 5.17. The third kappa shape index (κ3) is 3.42. The number of hydrogen-bond donors (Lipinski definition) is 0. The smallest absolute Gasteiger partial charge is 0.0999 e. The predicted molar refractivity (Wildman–Crippen MR) is 77.5 cm³/mol. The Morgan fingerprint density at radius 1 is 1.26 bits per heavy atom. The second-order valence-corrected chi connectivity index (χ2v) is 5.17. The fourth-order valence-corrected chi connectivity index (χ4v) is 2.07. The van der Waals surface area contributed by atoms with Crippen molar-refractivity contribution >= 4 is 0 Å². The summed E-state index contributed by atoms with van der Waals surface area (Å²) in [6.45, 7) is 4.47. The average Bonchev–Trinajstić information content (AvgIpc) is 2.45. The highest BCUT2D eigenvalue weighted by Gasteiger charge is 2.05. The van der Waals surface area contributed by atoms with Crippen LogP contribution in [0.2, 0.25) is 0 Å². The molecule has 2 aromatic rings. The zero-order chi connectivity index (χ0) is 13.7. The summed E-state index contributed by atoms with van der Waals surface area (Å²) in [5.41, 5.74) is 3.98. The molecule has 0 bridgehead atoms. The minimum Gasteiger partial charge on any atom is -0.264 e. The zero-order valence-electron chi connectivity index (χ0n) is 11.4. The first-order valence-electron chi connectivity index (χ1n) is 6.64. The summed E-state index contributed by atoms with van der Waals surface area (Å²) < 4.78 is 0. The maximum absolute atomic E-state index is 9.15. The van der Waals surface area contributed by atoms with Crippen molar-refractivity contribution in [2.45, 2.75) is 26.7 Å². The van der Waals surface area contributed by atoms with E-state index in [1.54, 1.807) is 18.5 Å². The molecule has 0 amide bonds. The SMILES string of the molecule is CC(C)CCc1cccc(-c2cnccc2C#N)c1.